The maximum Gasteiger partial charge on any atom is 0.242 e. The van der Waals surface area contributed by atoms with Crippen LogP contribution in [0.25, 0.3) is 10.2 Å². The molecule has 2 aromatic rings. The number of hydrogen-bond acceptors (Lipinski definition) is 7. The molecule has 114 valence electrons. The third-order valence-electron chi connectivity index (χ3n) is 2.70. The van der Waals surface area contributed by atoms with Gasteiger partial charge in [0.25, 0.3) is 0 Å². The maximum absolute atomic E-state index is 12.1. The molecule has 0 fully saturated rings. The summed E-state index contributed by atoms with van der Waals surface area (Å²) in [5.74, 6) is 6.19. The predicted octanol–water partition coefficient (Wildman–Crippen LogP) is 1.69. The van der Waals surface area contributed by atoms with Crippen LogP contribution in [0.2, 0.25) is 0 Å². The van der Waals surface area contributed by atoms with Crippen molar-refractivity contribution in [2.24, 2.45) is 5.84 Å². The zero-order chi connectivity index (χ0) is 15.6. The Morgan fingerprint density at radius 2 is 2.10 bits per heavy atom. The van der Waals surface area contributed by atoms with Gasteiger partial charge in [0.2, 0.25) is 11.9 Å². The summed E-state index contributed by atoms with van der Waals surface area (Å²) in [5, 5.41) is 8.83. The average molecular weight is 308 g/mol. The van der Waals surface area contributed by atoms with Crippen LogP contribution < -0.4 is 21.9 Å². The van der Waals surface area contributed by atoms with Crippen LogP contribution in [0.3, 0.4) is 0 Å². The molecule has 0 radical (unpaired) electrons. The van der Waals surface area contributed by atoms with Gasteiger partial charge in [0.15, 0.2) is 0 Å². The van der Waals surface area contributed by atoms with Crippen molar-refractivity contribution in [1.29, 1.82) is 0 Å². The number of hydrazine groups is 1. The van der Waals surface area contributed by atoms with Crippen molar-refractivity contribution in [3.8, 4) is 0 Å². The highest BCUT2D eigenvalue weighted by Gasteiger charge is 2.20. The molecule has 5 N–H and O–H groups in total. The maximum atomic E-state index is 12.1. The molecule has 1 atom stereocenters. The van der Waals surface area contributed by atoms with Crippen molar-refractivity contribution >= 4 is 39.2 Å². The lowest BCUT2D eigenvalue weighted by atomic mass is 10.1. The number of hydrogen-bond donors (Lipinski definition) is 4. The summed E-state index contributed by atoms with van der Waals surface area (Å²) < 4.78 is 0. The number of anilines is 2. The van der Waals surface area contributed by atoms with Crippen LogP contribution in [0.5, 0.6) is 0 Å². The van der Waals surface area contributed by atoms with E-state index < -0.39 is 6.04 Å². The Bertz CT molecular complexity index is 648. The molecule has 1 amide bonds. The first-order valence-corrected chi connectivity index (χ1v) is 7.48. The number of carbonyl (C=O) groups is 1. The van der Waals surface area contributed by atoms with Gasteiger partial charge in [-0.3, -0.25) is 10.2 Å². The Kier molecular flexibility index (Phi) is 4.29. The molecular weight excluding hydrogens is 288 g/mol. The molecule has 0 saturated carbocycles. The number of rotatable bonds is 4. The summed E-state index contributed by atoms with van der Waals surface area (Å²) in [6.07, 6.45) is 0. The Balaban J connectivity index is 2.22. The topological polar surface area (TPSA) is 105 Å². The molecule has 0 aliphatic carbocycles. The number of fused-ring (bicyclic) bond motifs is 1. The van der Waals surface area contributed by atoms with E-state index in [2.05, 4.69) is 26.0 Å². The summed E-state index contributed by atoms with van der Waals surface area (Å²) in [5.41, 5.74) is 2.16. The van der Waals surface area contributed by atoms with Gasteiger partial charge in [-0.15, -0.1) is 11.3 Å². The van der Waals surface area contributed by atoms with Gasteiger partial charge >= 0.3 is 0 Å². The molecule has 1 unspecified atom stereocenters. The fraction of sp³-hybridized carbons (Fsp3) is 0.462. The third-order valence-corrected chi connectivity index (χ3v) is 3.51. The molecule has 0 saturated heterocycles. The lowest BCUT2D eigenvalue weighted by Gasteiger charge is -2.24. The number of carbonyl (C=O) groups excluding carboxylic acids is 1. The number of thiophene rings is 1. The smallest absolute Gasteiger partial charge is 0.242 e. The number of amides is 1. The summed E-state index contributed by atoms with van der Waals surface area (Å²) >= 11 is 1.49. The van der Waals surface area contributed by atoms with Crippen molar-refractivity contribution in [2.75, 3.05) is 10.7 Å². The minimum atomic E-state index is -0.423. The second kappa shape index (κ2) is 5.82. The van der Waals surface area contributed by atoms with E-state index in [1.807, 2.05) is 32.2 Å². The fourth-order valence-corrected chi connectivity index (χ4v) is 2.54. The zero-order valence-corrected chi connectivity index (χ0v) is 13.3. The van der Waals surface area contributed by atoms with Crippen LogP contribution in [0, 0.1) is 0 Å². The van der Waals surface area contributed by atoms with E-state index in [1.165, 1.54) is 11.3 Å². The Morgan fingerprint density at radius 1 is 1.38 bits per heavy atom. The fourth-order valence-electron chi connectivity index (χ4n) is 1.78. The normalized spacial score (nSPS) is 13.0. The molecule has 2 aromatic heterocycles. The van der Waals surface area contributed by atoms with E-state index in [-0.39, 0.29) is 11.4 Å². The minimum Gasteiger partial charge on any atom is -0.358 e. The molecule has 21 heavy (non-hydrogen) atoms. The molecule has 2 rings (SSSR count). The van der Waals surface area contributed by atoms with Crippen molar-refractivity contribution in [2.45, 2.75) is 39.3 Å². The van der Waals surface area contributed by atoms with Gasteiger partial charge < -0.3 is 10.6 Å². The molecule has 8 heteroatoms. The lowest BCUT2D eigenvalue weighted by Crippen LogP contribution is -2.47. The van der Waals surface area contributed by atoms with Gasteiger partial charge in [-0.2, -0.15) is 4.98 Å². The molecule has 2 heterocycles. The van der Waals surface area contributed by atoms with Gasteiger partial charge in [-0.1, -0.05) is 0 Å². The first kappa shape index (κ1) is 15.5. The molecule has 0 aromatic carbocycles. The third kappa shape index (κ3) is 3.79. The number of nitrogen functional groups attached to an aromatic ring is 1. The highest BCUT2D eigenvalue weighted by atomic mass is 32.1. The Morgan fingerprint density at radius 3 is 2.71 bits per heavy atom. The van der Waals surface area contributed by atoms with Gasteiger partial charge in [0.05, 0.1) is 5.39 Å². The number of aromatic nitrogens is 2. The number of nitrogens with zero attached hydrogens (tertiary/aromatic N) is 2. The monoisotopic (exact) mass is 308 g/mol. The van der Waals surface area contributed by atoms with Crippen LogP contribution in [0.4, 0.5) is 11.8 Å². The van der Waals surface area contributed by atoms with Crippen LogP contribution in [-0.2, 0) is 4.79 Å². The second-order valence-corrected chi connectivity index (χ2v) is 6.68. The molecule has 0 aliphatic heterocycles. The van der Waals surface area contributed by atoms with Gasteiger partial charge in [-0.25, -0.2) is 10.8 Å². The first-order chi connectivity index (χ1) is 9.80. The Hall–Kier alpha value is -1.93. The second-order valence-electron chi connectivity index (χ2n) is 5.78. The zero-order valence-electron chi connectivity index (χ0n) is 12.5. The van der Waals surface area contributed by atoms with Crippen LogP contribution >= 0.6 is 11.3 Å². The predicted molar refractivity (Wildman–Crippen MR) is 86.2 cm³/mol. The number of nitrogens with one attached hydrogen (secondary N) is 3. The molecule has 7 nitrogen and oxygen atoms in total. The molecule has 0 bridgehead atoms. The summed E-state index contributed by atoms with van der Waals surface area (Å²) in [4.78, 5) is 21.5. The van der Waals surface area contributed by atoms with E-state index >= 15 is 0 Å². The highest BCUT2D eigenvalue weighted by molar-refractivity contribution is 7.16. The lowest BCUT2D eigenvalue weighted by molar-refractivity contribution is -0.122. The van der Waals surface area contributed by atoms with E-state index in [0.717, 1.165) is 10.2 Å². The Labute approximate surface area is 127 Å². The summed E-state index contributed by atoms with van der Waals surface area (Å²) in [6, 6.07) is 1.49. The highest BCUT2D eigenvalue weighted by Crippen LogP contribution is 2.26. The van der Waals surface area contributed by atoms with Gasteiger partial charge in [-0.05, 0) is 39.1 Å². The van der Waals surface area contributed by atoms with Crippen molar-refractivity contribution < 1.29 is 4.79 Å². The summed E-state index contributed by atoms with van der Waals surface area (Å²) in [7, 11) is 0. The molecule has 0 aliphatic rings. The largest absolute Gasteiger partial charge is 0.358 e. The standard InChI is InChI=1S/C13H20N6OS/c1-7(10(20)18-13(2,3)4)15-9-8-5-6-21-11(8)17-12(16-9)19-14/h5-7H,14H2,1-4H3,(H,18,20)(H2,15,16,17,19). The van der Waals surface area contributed by atoms with Crippen LogP contribution in [-0.4, -0.2) is 27.5 Å². The van der Waals surface area contributed by atoms with Crippen LogP contribution in [0.15, 0.2) is 11.4 Å². The first-order valence-electron chi connectivity index (χ1n) is 6.60. The molecular formula is C13H20N6OS. The van der Waals surface area contributed by atoms with Crippen molar-refractivity contribution in [3.05, 3.63) is 11.4 Å². The van der Waals surface area contributed by atoms with Crippen molar-refractivity contribution in [3.63, 3.8) is 0 Å². The van der Waals surface area contributed by atoms with Crippen molar-refractivity contribution in [1.82, 2.24) is 15.3 Å². The average Bonchev–Trinajstić information content (AvgIpc) is 2.84. The SMILES string of the molecule is CC(Nc1nc(NN)nc2sccc12)C(=O)NC(C)(C)C. The summed E-state index contributed by atoms with van der Waals surface area (Å²) in [6.45, 7) is 7.61. The minimum absolute atomic E-state index is 0.0910. The van der Waals surface area contributed by atoms with Gasteiger partial charge in [0.1, 0.15) is 16.7 Å². The molecule has 0 spiro atoms. The number of nitrogens with two attached hydrogens (primary N) is 1. The van der Waals surface area contributed by atoms with E-state index in [4.69, 9.17) is 5.84 Å². The van der Waals surface area contributed by atoms with E-state index in [0.29, 0.717) is 11.8 Å². The van der Waals surface area contributed by atoms with E-state index in [9.17, 15) is 4.79 Å². The van der Waals surface area contributed by atoms with E-state index in [1.54, 1.807) is 6.92 Å². The quantitative estimate of drug-likeness (QED) is 0.506. The van der Waals surface area contributed by atoms with Gasteiger partial charge in [0, 0.05) is 5.54 Å². The van der Waals surface area contributed by atoms with Crippen LogP contribution in [0.1, 0.15) is 27.7 Å².